The van der Waals surface area contributed by atoms with Crippen LogP contribution in [0.4, 0.5) is 10.5 Å². The number of ether oxygens (including phenoxy) is 3. The molecule has 0 aromatic heterocycles. The molecule has 2 heterocycles. The zero-order valence-corrected chi connectivity index (χ0v) is 19.0. The Hall–Kier alpha value is -2.05. The Morgan fingerprint density at radius 2 is 1.67 bits per heavy atom. The number of hydrogen-bond acceptors (Lipinski definition) is 5. The van der Waals surface area contributed by atoms with Gasteiger partial charge in [-0.3, -0.25) is 0 Å². The molecule has 1 amide bonds. The number of carbonyl (C=O) groups is 1. The minimum absolute atomic E-state index is 0.110. The highest BCUT2D eigenvalue weighted by molar-refractivity contribution is 5.76. The fourth-order valence-electron chi connectivity index (χ4n) is 4.23. The van der Waals surface area contributed by atoms with Crippen molar-refractivity contribution in [1.29, 1.82) is 0 Å². The van der Waals surface area contributed by atoms with Crippen molar-refractivity contribution in [3.05, 3.63) is 35.9 Å². The lowest BCUT2D eigenvalue weighted by Crippen LogP contribution is -2.39. The second-order valence-corrected chi connectivity index (χ2v) is 9.13. The van der Waals surface area contributed by atoms with Crippen LogP contribution in [0.1, 0.15) is 45.6 Å². The first-order valence-corrected chi connectivity index (χ1v) is 10.9. The molecule has 0 saturated carbocycles. The van der Waals surface area contributed by atoms with Gasteiger partial charge in [0.1, 0.15) is 5.60 Å². The van der Waals surface area contributed by atoms with Gasteiger partial charge in [0.05, 0.1) is 0 Å². The summed E-state index contributed by atoms with van der Waals surface area (Å²) in [6.07, 6.45) is 4.86. The molecule has 1 fully saturated rings. The summed E-state index contributed by atoms with van der Waals surface area (Å²) in [6, 6.07) is 8.71. The van der Waals surface area contributed by atoms with Crippen LogP contribution in [0.3, 0.4) is 0 Å². The Bertz CT molecular complexity index is 727. The van der Waals surface area contributed by atoms with E-state index in [4.69, 9.17) is 14.2 Å². The summed E-state index contributed by atoms with van der Waals surface area (Å²) in [6.45, 7) is 9.00. The number of benzene rings is 1. The lowest BCUT2D eigenvalue weighted by Gasteiger charge is -2.36. The molecule has 30 heavy (non-hydrogen) atoms. The minimum atomic E-state index is -0.472. The third-order valence-electron chi connectivity index (χ3n) is 5.80. The van der Waals surface area contributed by atoms with Crippen molar-refractivity contribution in [3.63, 3.8) is 0 Å². The zero-order valence-electron chi connectivity index (χ0n) is 19.0. The lowest BCUT2D eigenvalue weighted by molar-refractivity contribution is -0.141. The van der Waals surface area contributed by atoms with E-state index < -0.39 is 5.60 Å². The molecule has 6 heteroatoms. The molecule has 2 aliphatic heterocycles. The zero-order chi connectivity index (χ0) is 21.7. The summed E-state index contributed by atoms with van der Waals surface area (Å²) < 4.78 is 16.4. The van der Waals surface area contributed by atoms with E-state index in [0.29, 0.717) is 19.0 Å². The summed E-state index contributed by atoms with van der Waals surface area (Å²) >= 11 is 0. The van der Waals surface area contributed by atoms with Crippen LogP contribution in [0, 0.1) is 5.92 Å². The fraction of sp³-hybridized carbons (Fsp3) is 0.625. The third kappa shape index (κ3) is 5.76. The number of piperidine rings is 1. The molecule has 0 N–H and O–H groups in total. The van der Waals surface area contributed by atoms with Crippen LogP contribution in [0.15, 0.2) is 30.3 Å². The van der Waals surface area contributed by atoms with Gasteiger partial charge >= 0.3 is 6.09 Å². The largest absolute Gasteiger partial charge is 0.444 e. The van der Waals surface area contributed by atoms with Gasteiger partial charge in [-0.1, -0.05) is 18.2 Å². The van der Waals surface area contributed by atoms with Gasteiger partial charge in [-0.2, -0.15) is 0 Å². The Morgan fingerprint density at radius 1 is 1.03 bits per heavy atom. The van der Waals surface area contributed by atoms with Crippen LogP contribution in [0.2, 0.25) is 0 Å². The maximum Gasteiger partial charge on any atom is 0.410 e. The molecule has 0 bridgehead atoms. The number of hydrogen-bond donors (Lipinski definition) is 0. The van der Waals surface area contributed by atoms with E-state index in [2.05, 4.69) is 35.2 Å². The molecule has 0 spiro atoms. The number of carbonyl (C=O) groups excluding carboxylic acids is 1. The van der Waals surface area contributed by atoms with Gasteiger partial charge in [-0.05, 0) is 63.3 Å². The van der Waals surface area contributed by atoms with Crippen molar-refractivity contribution in [2.24, 2.45) is 5.92 Å². The highest BCUT2D eigenvalue weighted by Crippen LogP contribution is 2.29. The molecule has 2 aliphatic rings. The van der Waals surface area contributed by atoms with Crippen LogP contribution < -0.4 is 4.90 Å². The number of rotatable bonds is 5. The molecule has 1 saturated heterocycles. The van der Waals surface area contributed by atoms with E-state index in [0.717, 1.165) is 32.4 Å². The van der Waals surface area contributed by atoms with Crippen molar-refractivity contribution >= 4 is 17.4 Å². The Kier molecular flexibility index (Phi) is 7.42. The summed E-state index contributed by atoms with van der Waals surface area (Å²) in [4.78, 5) is 16.6. The van der Waals surface area contributed by atoms with Crippen LogP contribution in [0.25, 0.3) is 5.57 Å². The predicted octanol–water partition coefficient (Wildman–Crippen LogP) is 4.55. The average molecular weight is 417 g/mol. The lowest BCUT2D eigenvalue weighted by atomic mass is 9.95. The average Bonchev–Trinajstić information content (AvgIpc) is 2.74. The van der Waals surface area contributed by atoms with Gasteiger partial charge in [0, 0.05) is 52.0 Å². The van der Waals surface area contributed by atoms with Crippen LogP contribution in [-0.4, -0.2) is 63.3 Å². The predicted molar refractivity (Wildman–Crippen MR) is 120 cm³/mol. The van der Waals surface area contributed by atoms with E-state index in [9.17, 15) is 4.79 Å². The molecule has 3 rings (SSSR count). The molecule has 0 atom stereocenters. The van der Waals surface area contributed by atoms with Gasteiger partial charge in [-0.25, -0.2) is 4.79 Å². The summed E-state index contributed by atoms with van der Waals surface area (Å²) in [5.41, 5.74) is 3.12. The van der Waals surface area contributed by atoms with E-state index >= 15 is 0 Å². The normalized spacial score (nSPS) is 18.5. The second-order valence-electron chi connectivity index (χ2n) is 9.13. The Balaban J connectivity index is 1.58. The van der Waals surface area contributed by atoms with E-state index in [1.54, 1.807) is 19.1 Å². The second kappa shape index (κ2) is 9.84. The first kappa shape index (κ1) is 22.6. The topological polar surface area (TPSA) is 51.2 Å². The van der Waals surface area contributed by atoms with Gasteiger partial charge < -0.3 is 24.0 Å². The van der Waals surface area contributed by atoms with E-state index in [1.807, 2.05) is 20.8 Å². The van der Waals surface area contributed by atoms with Gasteiger partial charge in [0.2, 0.25) is 0 Å². The van der Waals surface area contributed by atoms with Crippen LogP contribution in [0.5, 0.6) is 0 Å². The van der Waals surface area contributed by atoms with Crippen LogP contribution >= 0.6 is 0 Å². The smallest absolute Gasteiger partial charge is 0.410 e. The Morgan fingerprint density at radius 3 is 2.23 bits per heavy atom. The van der Waals surface area contributed by atoms with Crippen molar-refractivity contribution in [2.75, 3.05) is 45.3 Å². The number of nitrogens with zero attached hydrogens (tertiary/aromatic N) is 2. The van der Waals surface area contributed by atoms with Gasteiger partial charge in [0.25, 0.3) is 0 Å². The van der Waals surface area contributed by atoms with Crippen molar-refractivity contribution in [3.8, 4) is 0 Å². The number of methoxy groups -OCH3 is 2. The SMILES string of the molecule is COC(OC)C1CCN(c2ccc(C3=CCCN(C(=O)OC(C)(C)C)C3)cc2)CC1. The molecular formula is C24H36N2O4. The van der Waals surface area contributed by atoms with Gasteiger partial charge in [-0.15, -0.1) is 0 Å². The maximum absolute atomic E-state index is 12.4. The minimum Gasteiger partial charge on any atom is -0.444 e. The third-order valence-corrected chi connectivity index (χ3v) is 5.80. The highest BCUT2D eigenvalue weighted by Gasteiger charge is 2.27. The summed E-state index contributed by atoms with van der Waals surface area (Å²) in [5, 5.41) is 0. The highest BCUT2D eigenvalue weighted by atomic mass is 16.7. The molecule has 0 aliphatic carbocycles. The standard InChI is InChI=1S/C24H36N2O4/c1-24(2,3)30-23(27)26-14-6-7-20(17-26)18-8-10-21(11-9-18)25-15-12-19(13-16-25)22(28-4)29-5/h7-11,19,22H,6,12-17H2,1-5H3. The first-order valence-electron chi connectivity index (χ1n) is 10.9. The van der Waals surface area contributed by atoms with Crippen molar-refractivity contribution in [2.45, 2.75) is 51.9 Å². The molecule has 0 radical (unpaired) electrons. The first-order chi connectivity index (χ1) is 14.3. The molecule has 6 nitrogen and oxygen atoms in total. The van der Waals surface area contributed by atoms with E-state index in [-0.39, 0.29) is 12.4 Å². The maximum atomic E-state index is 12.4. The quantitative estimate of drug-likeness (QED) is 0.660. The monoisotopic (exact) mass is 416 g/mol. The van der Waals surface area contributed by atoms with Gasteiger partial charge in [0.15, 0.2) is 6.29 Å². The molecule has 1 aromatic carbocycles. The number of anilines is 1. The van der Waals surface area contributed by atoms with Crippen LogP contribution in [-0.2, 0) is 14.2 Å². The summed E-state index contributed by atoms with van der Waals surface area (Å²) in [7, 11) is 3.42. The molecular weight excluding hydrogens is 380 g/mol. The van der Waals surface area contributed by atoms with E-state index in [1.165, 1.54) is 16.8 Å². The van der Waals surface area contributed by atoms with Crippen molar-refractivity contribution in [1.82, 2.24) is 4.90 Å². The molecule has 166 valence electrons. The van der Waals surface area contributed by atoms with Crippen molar-refractivity contribution < 1.29 is 19.0 Å². The number of amides is 1. The molecule has 1 aromatic rings. The molecule has 0 unspecified atom stereocenters. The Labute approximate surface area is 180 Å². The summed E-state index contributed by atoms with van der Waals surface area (Å²) in [5.74, 6) is 0.446. The fourth-order valence-corrected chi connectivity index (χ4v) is 4.23.